The summed E-state index contributed by atoms with van der Waals surface area (Å²) >= 11 is 0. The summed E-state index contributed by atoms with van der Waals surface area (Å²) in [7, 11) is 1.83. The van der Waals surface area contributed by atoms with Gasteiger partial charge in [-0.3, -0.25) is 9.89 Å². The van der Waals surface area contributed by atoms with E-state index in [9.17, 15) is 14.3 Å². The van der Waals surface area contributed by atoms with Crippen LogP contribution in [0.3, 0.4) is 0 Å². The molecule has 1 saturated carbocycles. The lowest BCUT2D eigenvalue weighted by atomic mass is 10.1. The standard InChI is InChI=1S/C16H20FN3O2/c1-19(12-4-2-3-5-12)16(22)20-9-14(18-10-20)11-6-7-15(21)13(17)8-11/h6-8,10,12,14,21H,2-5,9H2,1H3. The smallest absolute Gasteiger partial charge is 0.325 e. The molecule has 0 radical (unpaired) electrons. The summed E-state index contributed by atoms with van der Waals surface area (Å²) in [6, 6.07) is 4.19. The Balaban J connectivity index is 1.65. The molecule has 1 atom stereocenters. The summed E-state index contributed by atoms with van der Waals surface area (Å²) in [6.07, 6.45) is 5.99. The van der Waals surface area contributed by atoms with Gasteiger partial charge in [-0.2, -0.15) is 0 Å². The quantitative estimate of drug-likeness (QED) is 0.913. The van der Waals surface area contributed by atoms with Gasteiger partial charge in [-0.25, -0.2) is 9.18 Å². The maximum Gasteiger partial charge on any atom is 0.325 e. The monoisotopic (exact) mass is 305 g/mol. The number of carbonyl (C=O) groups is 1. The second-order valence-corrected chi connectivity index (χ2v) is 5.98. The number of benzene rings is 1. The van der Waals surface area contributed by atoms with Crippen LogP contribution in [0.25, 0.3) is 0 Å². The number of aliphatic imine (C=N–C) groups is 1. The van der Waals surface area contributed by atoms with Crippen molar-refractivity contribution in [2.45, 2.75) is 37.8 Å². The molecule has 2 aliphatic rings. The van der Waals surface area contributed by atoms with Crippen molar-refractivity contribution in [2.75, 3.05) is 13.6 Å². The minimum atomic E-state index is -0.666. The topological polar surface area (TPSA) is 56.1 Å². The van der Waals surface area contributed by atoms with E-state index in [0.717, 1.165) is 12.8 Å². The van der Waals surface area contributed by atoms with Gasteiger partial charge in [0, 0.05) is 13.1 Å². The van der Waals surface area contributed by atoms with Gasteiger partial charge in [0.05, 0.1) is 18.9 Å². The number of urea groups is 1. The molecular weight excluding hydrogens is 285 g/mol. The van der Waals surface area contributed by atoms with Crippen molar-refractivity contribution in [3.05, 3.63) is 29.6 Å². The van der Waals surface area contributed by atoms with Crippen molar-refractivity contribution >= 4 is 12.4 Å². The molecule has 118 valence electrons. The minimum Gasteiger partial charge on any atom is -0.505 e. The maximum absolute atomic E-state index is 13.4. The molecular formula is C16H20FN3O2. The summed E-state index contributed by atoms with van der Waals surface area (Å²) < 4.78 is 13.4. The molecule has 6 heteroatoms. The average Bonchev–Trinajstić information content (AvgIpc) is 3.19. The van der Waals surface area contributed by atoms with Gasteiger partial charge in [-0.05, 0) is 30.5 Å². The molecule has 1 unspecified atom stereocenters. The number of nitrogens with zero attached hydrogens (tertiary/aromatic N) is 3. The Morgan fingerprint density at radius 3 is 2.82 bits per heavy atom. The van der Waals surface area contributed by atoms with Crippen LogP contribution in [0.5, 0.6) is 5.75 Å². The number of halogens is 1. The van der Waals surface area contributed by atoms with Crippen LogP contribution in [-0.2, 0) is 0 Å². The Morgan fingerprint density at radius 1 is 1.41 bits per heavy atom. The van der Waals surface area contributed by atoms with Gasteiger partial charge in [-0.1, -0.05) is 18.9 Å². The van der Waals surface area contributed by atoms with Crippen LogP contribution in [-0.4, -0.2) is 46.9 Å². The van der Waals surface area contributed by atoms with Crippen molar-refractivity contribution < 1.29 is 14.3 Å². The third-order valence-corrected chi connectivity index (χ3v) is 4.53. The van der Waals surface area contributed by atoms with Crippen LogP contribution in [0.2, 0.25) is 0 Å². The lowest BCUT2D eigenvalue weighted by Crippen LogP contribution is -2.44. The van der Waals surface area contributed by atoms with E-state index in [4.69, 9.17) is 0 Å². The second-order valence-electron chi connectivity index (χ2n) is 5.98. The van der Waals surface area contributed by atoms with Crippen LogP contribution >= 0.6 is 0 Å². The number of carbonyl (C=O) groups excluding carboxylic acids is 1. The fourth-order valence-corrected chi connectivity index (χ4v) is 3.14. The molecule has 5 nitrogen and oxygen atoms in total. The summed E-state index contributed by atoms with van der Waals surface area (Å²) in [4.78, 5) is 20.1. The molecule has 1 aliphatic carbocycles. The third-order valence-electron chi connectivity index (χ3n) is 4.53. The molecule has 22 heavy (non-hydrogen) atoms. The van der Waals surface area contributed by atoms with Crippen LogP contribution in [0.1, 0.15) is 37.3 Å². The van der Waals surface area contributed by atoms with Crippen molar-refractivity contribution in [1.29, 1.82) is 0 Å². The van der Waals surface area contributed by atoms with E-state index in [2.05, 4.69) is 4.99 Å². The number of phenolic OH excluding ortho intramolecular Hbond substituents is 1. The lowest BCUT2D eigenvalue weighted by molar-refractivity contribution is 0.170. The van der Waals surface area contributed by atoms with Crippen molar-refractivity contribution in [3.63, 3.8) is 0 Å². The molecule has 3 rings (SSSR count). The van der Waals surface area contributed by atoms with Crippen LogP contribution in [0, 0.1) is 5.82 Å². The highest BCUT2D eigenvalue weighted by atomic mass is 19.1. The molecule has 1 heterocycles. The fraction of sp³-hybridized carbons (Fsp3) is 0.500. The molecule has 1 aromatic rings. The van der Waals surface area contributed by atoms with E-state index in [-0.39, 0.29) is 17.8 Å². The molecule has 0 saturated heterocycles. The number of amides is 2. The third kappa shape index (κ3) is 2.77. The molecule has 1 N–H and O–H groups in total. The van der Waals surface area contributed by atoms with E-state index in [0.29, 0.717) is 18.2 Å². The molecule has 0 aromatic heterocycles. The Bertz CT molecular complexity index is 599. The van der Waals surface area contributed by atoms with Crippen LogP contribution < -0.4 is 0 Å². The Morgan fingerprint density at radius 2 is 2.14 bits per heavy atom. The van der Waals surface area contributed by atoms with Crippen molar-refractivity contribution in [1.82, 2.24) is 9.80 Å². The van der Waals surface area contributed by atoms with Crippen molar-refractivity contribution in [2.24, 2.45) is 4.99 Å². The summed E-state index contributed by atoms with van der Waals surface area (Å²) in [5.41, 5.74) is 0.658. The highest BCUT2D eigenvalue weighted by molar-refractivity contribution is 5.87. The Hall–Kier alpha value is -2.11. The summed E-state index contributed by atoms with van der Waals surface area (Å²) in [6.45, 7) is 0.403. The zero-order valence-corrected chi connectivity index (χ0v) is 12.6. The normalized spacial score (nSPS) is 21.5. The number of aromatic hydroxyl groups is 1. The van der Waals surface area contributed by atoms with E-state index < -0.39 is 5.82 Å². The molecule has 0 spiro atoms. The highest BCUT2D eigenvalue weighted by Crippen LogP contribution is 2.28. The average molecular weight is 305 g/mol. The number of phenols is 1. The minimum absolute atomic E-state index is 0.0580. The van der Waals surface area contributed by atoms with E-state index in [1.165, 1.54) is 31.3 Å². The van der Waals surface area contributed by atoms with Gasteiger partial charge in [0.25, 0.3) is 0 Å². The Labute approximate surface area is 129 Å². The fourth-order valence-electron chi connectivity index (χ4n) is 3.14. The summed E-state index contributed by atoms with van der Waals surface area (Å²) in [5, 5.41) is 9.24. The van der Waals surface area contributed by atoms with Gasteiger partial charge in [-0.15, -0.1) is 0 Å². The van der Waals surface area contributed by atoms with Gasteiger partial charge in [0.2, 0.25) is 0 Å². The molecule has 1 aromatic carbocycles. The van der Waals surface area contributed by atoms with Gasteiger partial charge in [0.15, 0.2) is 11.6 Å². The second kappa shape index (κ2) is 5.94. The van der Waals surface area contributed by atoms with Crippen LogP contribution in [0.15, 0.2) is 23.2 Å². The first-order chi connectivity index (χ1) is 10.6. The van der Waals surface area contributed by atoms with Crippen LogP contribution in [0.4, 0.5) is 9.18 Å². The first-order valence-corrected chi connectivity index (χ1v) is 7.61. The molecule has 1 aliphatic heterocycles. The molecule has 1 fully saturated rings. The number of hydrogen-bond acceptors (Lipinski definition) is 3. The Kier molecular flexibility index (Phi) is 4.00. The molecule has 2 amide bonds. The van der Waals surface area contributed by atoms with E-state index in [1.54, 1.807) is 15.9 Å². The van der Waals surface area contributed by atoms with Gasteiger partial charge < -0.3 is 10.0 Å². The SMILES string of the molecule is CN(C(=O)N1C=NC(c2ccc(O)c(F)c2)C1)C1CCCC1. The first-order valence-electron chi connectivity index (χ1n) is 7.61. The highest BCUT2D eigenvalue weighted by Gasteiger charge is 2.30. The van der Waals surface area contributed by atoms with Crippen molar-refractivity contribution in [3.8, 4) is 5.75 Å². The predicted octanol–water partition coefficient (Wildman–Crippen LogP) is 2.91. The maximum atomic E-state index is 13.4. The largest absolute Gasteiger partial charge is 0.505 e. The van der Waals surface area contributed by atoms with E-state index >= 15 is 0 Å². The first kappa shape index (κ1) is 14.8. The molecule has 0 bridgehead atoms. The van der Waals surface area contributed by atoms with Gasteiger partial charge in [0.1, 0.15) is 0 Å². The van der Waals surface area contributed by atoms with E-state index in [1.807, 2.05) is 7.05 Å². The summed E-state index contributed by atoms with van der Waals surface area (Å²) in [5.74, 6) is -1.04. The van der Waals surface area contributed by atoms with Gasteiger partial charge >= 0.3 is 6.03 Å². The zero-order valence-electron chi connectivity index (χ0n) is 12.6. The lowest BCUT2D eigenvalue weighted by Gasteiger charge is -2.28. The number of rotatable bonds is 2. The zero-order chi connectivity index (χ0) is 15.7. The number of hydrogen-bond donors (Lipinski definition) is 1. The predicted molar refractivity (Wildman–Crippen MR) is 81.4 cm³/mol.